The van der Waals surface area contributed by atoms with Crippen molar-refractivity contribution >= 4 is 12.2 Å². The van der Waals surface area contributed by atoms with Gasteiger partial charge in [0.05, 0.1) is 12.2 Å². The molecule has 0 saturated carbocycles. The van der Waals surface area contributed by atoms with E-state index in [1.165, 1.54) is 6.42 Å². The second-order valence-corrected chi connectivity index (χ2v) is 5.16. The van der Waals surface area contributed by atoms with Gasteiger partial charge in [0, 0.05) is 24.2 Å². The molecule has 1 unspecified atom stereocenters. The van der Waals surface area contributed by atoms with Crippen LogP contribution in [0.3, 0.4) is 0 Å². The molecule has 1 N–H and O–H groups in total. The van der Waals surface area contributed by atoms with Gasteiger partial charge in [-0.05, 0) is 26.5 Å². The topological polar surface area (TPSA) is 54.6 Å². The van der Waals surface area contributed by atoms with Gasteiger partial charge in [0.1, 0.15) is 12.2 Å². The van der Waals surface area contributed by atoms with Crippen molar-refractivity contribution in [3.05, 3.63) is 30.2 Å². The Morgan fingerprint density at radius 3 is 3.05 bits per heavy atom. The maximum absolute atomic E-state index is 4.44. The van der Waals surface area contributed by atoms with Gasteiger partial charge >= 0.3 is 0 Å². The highest BCUT2D eigenvalue weighted by atomic mass is 15.3. The molecule has 1 aliphatic rings. The zero-order chi connectivity index (χ0) is 14.4. The Kier molecular flexibility index (Phi) is 5.09. The first-order valence-electron chi connectivity index (χ1n) is 7.24. The molecule has 108 valence electrons. The summed E-state index contributed by atoms with van der Waals surface area (Å²) in [7, 11) is 0. The number of aromatic nitrogens is 2. The van der Waals surface area contributed by atoms with Crippen molar-refractivity contribution < 1.29 is 0 Å². The monoisotopic (exact) mass is 273 g/mol. The number of rotatable bonds is 6. The third kappa shape index (κ3) is 3.79. The van der Waals surface area contributed by atoms with Crippen LogP contribution in [0.15, 0.2) is 34.7 Å². The predicted molar refractivity (Wildman–Crippen MR) is 83.1 cm³/mol. The molecular formula is C15H23N5. The Morgan fingerprint density at radius 1 is 1.50 bits per heavy atom. The van der Waals surface area contributed by atoms with E-state index < -0.39 is 0 Å². The van der Waals surface area contributed by atoms with E-state index in [1.54, 1.807) is 6.34 Å². The molecule has 2 atom stereocenters. The molecule has 2 heterocycles. The molecule has 2 rings (SSSR count). The number of hydrogen-bond donors (Lipinski definition) is 1. The van der Waals surface area contributed by atoms with E-state index in [0.29, 0.717) is 6.04 Å². The molecular weight excluding hydrogens is 250 g/mol. The molecule has 20 heavy (non-hydrogen) atoms. The first-order chi connectivity index (χ1) is 9.70. The van der Waals surface area contributed by atoms with Gasteiger partial charge in [-0.2, -0.15) is 5.10 Å². The summed E-state index contributed by atoms with van der Waals surface area (Å²) in [5.41, 5.74) is 1.13. The Bertz CT molecular complexity index is 502. The van der Waals surface area contributed by atoms with Crippen LogP contribution in [0, 0.1) is 0 Å². The Labute approximate surface area is 120 Å². The van der Waals surface area contributed by atoms with Gasteiger partial charge < -0.3 is 5.32 Å². The van der Waals surface area contributed by atoms with E-state index in [2.05, 4.69) is 47.4 Å². The van der Waals surface area contributed by atoms with Crippen LogP contribution in [0.4, 0.5) is 0 Å². The van der Waals surface area contributed by atoms with Gasteiger partial charge in [-0.3, -0.25) is 9.67 Å². The van der Waals surface area contributed by atoms with Crippen molar-refractivity contribution in [1.82, 2.24) is 15.1 Å². The van der Waals surface area contributed by atoms with Crippen LogP contribution in [-0.2, 0) is 0 Å². The van der Waals surface area contributed by atoms with Gasteiger partial charge in [-0.1, -0.05) is 19.4 Å². The average Bonchev–Trinajstić information content (AvgIpc) is 3.10. The number of aliphatic imine (C=N–C) groups is 2. The second kappa shape index (κ2) is 7.03. The minimum absolute atomic E-state index is 0.0799. The highest BCUT2D eigenvalue weighted by molar-refractivity contribution is 5.92. The predicted octanol–water partition coefficient (Wildman–Crippen LogP) is 3.24. The lowest BCUT2D eigenvalue weighted by Gasteiger charge is -2.10. The normalized spacial score (nSPS) is 19.6. The van der Waals surface area contributed by atoms with E-state index >= 15 is 0 Å². The zero-order valence-electron chi connectivity index (χ0n) is 12.5. The number of nitrogens with zero attached hydrogens (tertiary/aromatic N) is 4. The second-order valence-electron chi connectivity index (χ2n) is 5.16. The van der Waals surface area contributed by atoms with Gasteiger partial charge in [-0.25, -0.2) is 4.99 Å². The minimum Gasteiger partial charge on any atom is -0.350 e. The number of amidine groups is 1. The Balaban J connectivity index is 1.93. The summed E-state index contributed by atoms with van der Waals surface area (Å²) >= 11 is 0. The molecule has 0 radical (unpaired) electrons. The fourth-order valence-electron chi connectivity index (χ4n) is 2.12. The third-order valence-electron chi connectivity index (χ3n) is 3.44. The molecule has 1 aromatic rings. The molecule has 5 heteroatoms. The summed E-state index contributed by atoms with van der Waals surface area (Å²) in [6.45, 7) is 6.45. The number of nitrogens with one attached hydrogen (secondary N) is 1. The van der Waals surface area contributed by atoms with Crippen LogP contribution >= 0.6 is 0 Å². The maximum atomic E-state index is 4.44. The van der Waals surface area contributed by atoms with Crippen LogP contribution in [0.1, 0.15) is 57.7 Å². The SMILES string of the molecule is CCC[C@H](C)n1cc(C(C)N=CN=C2CC=CN2)cn1. The van der Waals surface area contributed by atoms with Crippen LogP contribution in [0.25, 0.3) is 0 Å². The van der Waals surface area contributed by atoms with E-state index in [-0.39, 0.29) is 6.04 Å². The van der Waals surface area contributed by atoms with E-state index in [0.717, 1.165) is 24.2 Å². The minimum atomic E-state index is 0.0799. The molecule has 0 spiro atoms. The van der Waals surface area contributed by atoms with Crippen molar-refractivity contribution in [3.8, 4) is 0 Å². The molecule has 0 saturated heterocycles. The summed E-state index contributed by atoms with van der Waals surface area (Å²) in [5, 5.41) is 7.49. The van der Waals surface area contributed by atoms with E-state index in [4.69, 9.17) is 0 Å². The molecule has 0 aromatic carbocycles. The highest BCUT2D eigenvalue weighted by Gasteiger charge is 2.09. The van der Waals surface area contributed by atoms with Crippen LogP contribution < -0.4 is 5.32 Å². The van der Waals surface area contributed by atoms with Gasteiger partial charge in [-0.15, -0.1) is 0 Å². The van der Waals surface area contributed by atoms with Crippen molar-refractivity contribution in [3.63, 3.8) is 0 Å². The standard InChI is InChI=1S/C15H23N5/c1-4-6-12(2)20-10-14(9-19-20)13(3)17-11-18-15-7-5-8-16-15/h5,8-13H,4,6-7H2,1-3H3,(H,16,17,18)/t12-,13?/m0/s1. The molecule has 1 aromatic heterocycles. The summed E-state index contributed by atoms with van der Waals surface area (Å²) in [6, 6.07) is 0.523. The van der Waals surface area contributed by atoms with Crippen molar-refractivity contribution in [2.24, 2.45) is 9.98 Å². The van der Waals surface area contributed by atoms with Crippen LogP contribution in [-0.4, -0.2) is 22.0 Å². The Hall–Kier alpha value is -1.91. The molecule has 0 aliphatic carbocycles. The quantitative estimate of drug-likeness (QED) is 0.639. The third-order valence-corrected chi connectivity index (χ3v) is 3.44. The highest BCUT2D eigenvalue weighted by Crippen LogP contribution is 2.19. The zero-order valence-corrected chi connectivity index (χ0v) is 12.5. The van der Waals surface area contributed by atoms with Gasteiger partial charge in [0.25, 0.3) is 0 Å². The fraction of sp³-hybridized carbons (Fsp3) is 0.533. The summed E-state index contributed by atoms with van der Waals surface area (Å²) in [5.74, 6) is 0.938. The fourth-order valence-corrected chi connectivity index (χ4v) is 2.12. The molecule has 5 nitrogen and oxygen atoms in total. The van der Waals surface area contributed by atoms with Crippen molar-refractivity contribution in [2.45, 2.75) is 52.1 Å². The molecule has 0 bridgehead atoms. The lowest BCUT2D eigenvalue weighted by Crippen LogP contribution is -2.10. The summed E-state index contributed by atoms with van der Waals surface area (Å²) < 4.78 is 2.03. The van der Waals surface area contributed by atoms with Gasteiger partial charge in [0.15, 0.2) is 0 Å². The lowest BCUT2D eigenvalue weighted by atomic mass is 10.2. The van der Waals surface area contributed by atoms with Crippen LogP contribution in [0.2, 0.25) is 0 Å². The summed E-state index contributed by atoms with van der Waals surface area (Å²) in [4.78, 5) is 8.73. The Morgan fingerprint density at radius 2 is 2.35 bits per heavy atom. The lowest BCUT2D eigenvalue weighted by molar-refractivity contribution is 0.454. The van der Waals surface area contributed by atoms with E-state index in [9.17, 15) is 0 Å². The first-order valence-corrected chi connectivity index (χ1v) is 7.24. The van der Waals surface area contributed by atoms with Crippen LogP contribution in [0.5, 0.6) is 0 Å². The first kappa shape index (κ1) is 14.5. The van der Waals surface area contributed by atoms with E-state index in [1.807, 2.05) is 23.2 Å². The smallest absolute Gasteiger partial charge is 0.112 e. The van der Waals surface area contributed by atoms with Gasteiger partial charge in [0.2, 0.25) is 0 Å². The molecule has 1 aliphatic heterocycles. The molecule has 0 amide bonds. The van der Waals surface area contributed by atoms with Crippen molar-refractivity contribution in [2.75, 3.05) is 0 Å². The number of hydrogen-bond acceptors (Lipinski definition) is 2. The maximum Gasteiger partial charge on any atom is 0.112 e. The molecule has 0 fully saturated rings. The largest absolute Gasteiger partial charge is 0.350 e. The average molecular weight is 273 g/mol. The summed E-state index contributed by atoms with van der Waals surface area (Å²) in [6.07, 6.45) is 12.7. The van der Waals surface area contributed by atoms with Crippen molar-refractivity contribution in [1.29, 1.82) is 0 Å².